The predicted molar refractivity (Wildman–Crippen MR) is 85.7 cm³/mol. The number of likely N-dealkylation sites (tertiary alicyclic amines) is 1. The Morgan fingerprint density at radius 1 is 1.43 bits per heavy atom. The van der Waals surface area contributed by atoms with Crippen LogP contribution in [-0.4, -0.2) is 57.5 Å². The van der Waals surface area contributed by atoms with E-state index in [1.807, 2.05) is 14.1 Å². The van der Waals surface area contributed by atoms with E-state index in [0.29, 0.717) is 24.7 Å². The lowest BCUT2D eigenvalue weighted by molar-refractivity contribution is 0.0781. The Morgan fingerprint density at radius 3 is 2.87 bits per heavy atom. The molecule has 0 bridgehead atoms. The first-order valence-electron chi connectivity index (χ1n) is 7.50. The number of amides is 1. The van der Waals surface area contributed by atoms with E-state index in [-0.39, 0.29) is 17.4 Å². The number of aryl methyl sites for hydroxylation is 1. The Hall–Kier alpha value is -2.64. The number of carbonyl (C=O) groups is 1. The number of nitrogens with zero attached hydrogens (tertiary/aromatic N) is 5. The van der Waals surface area contributed by atoms with Gasteiger partial charge in [0.2, 0.25) is 5.95 Å². The molecule has 0 spiro atoms. The molecule has 1 N–H and O–H groups in total. The van der Waals surface area contributed by atoms with Gasteiger partial charge >= 0.3 is 0 Å². The van der Waals surface area contributed by atoms with Crippen LogP contribution < -0.4 is 10.5 Å². The molecule has 2 aromatic rings. The second-order valence-electron chi connectivity index (χ2n) is 6.01. The number of hydrogen-bond acceptors (Lipinski definition) is 5. The summed E-state index contributed by atoms with van der Waals surface area (Å²) in [6.45, 7) is 1.22. The van der Waals surface area contributed by atoms with E-state index >= 15 is 0 Å². The summed E-state index contributed by atoms with van der Waals surface area (Å²) in [6, 6.07) is 1.52. The molecule has 1 amide bonds. The Kier molecular flexibility index (Phi) is 3.89. The van der Waals surface area contributed by atoms with Crippen LogP contribution in [0.4, 0.5) is 5.95 Å². The van der Waals surface area contributed by atoms with Gasteiger partial charge in [-0.25, -0.2) is 9.97 Å². The number of aromatic amines is 1. The molecule has 8 nitrogen and oxygen atoms in total. The van der Waals surface area contributed by atoms with Crippen LogP contribution in [0.2, 0.25) is 0 Å². The standard InChI is InChI=1S/C15H20N6O2/c1-19(2)15-17-11(6-13(22)18-15)10-4-5-21(8-10)14(23)12-7-16-9-20(12)3/h6-7,9-10H,4-5,8H2,1-3H3,(H,17,18,22). The quantitative estimate of drug-likeness (QED) is 0.874. The van der Waals surface area contributed by atoms with Crippen molar-refractivity contribution in [3.63, 3.8) is 0 Å². The lowest BCUT2D eigenvalue weighted by Gasteiger charge is -2.17. The van der Waals surface area contributed by atoms with Crippen LogP contribution >= 0.6 is 0 Å². The second-order valence-corrected chi connectivity index (χ2v) is 6.01. The molecule has 3 rings (SSSR count). The molecule has 1 fully saturated rings. The van der Waals surface area contributed by atoms with Crippen molar-refractivity contribution >= 4 is 11.9 Å². The van der Waals surface area contributed by atoms with E-state index in [0.717, 1.165) is 12.1 Å². The highest BCUT2D eigenvalue weighted by molar-refractivity contribution is 5.92. The minimum atomic E-state index is -0.171. The molecule has 1 unspecified atom stereocenters. The van der Waals surface area contributed by atoms with Gasteiger partial charge in [0.05, 0.1) is 18.2 Å². The summed E-state index contributed by atoms with van der Waals surface area (Å²) in [7, 11) is 5.46. The van der Waals surface area contributed by atoms with Crippen LogP contribution in [0.5, 0.6) is 0 Å². The SMILES string of the molecule is CN(C)c1nc(C2CCN(C(=O)c3cncn3C)C2)cc(=O)[nH]1. The number of anilines is 1. The van der Waals surface area contributed by atoms with Gasteiger partial charge in [0.1, 0.15) is 5.69 Å². The molecule has 1 aliphatic heterocycles. The summed E-state index contributed by atoms with van der Waals surface area (Å²) in [5.74, 6) is 0.572. The summed E-state index contributed by atoms with van der Waals surface area (Å²) in [6.07, 6.45) is 3.99. The van der Waals surface area contributed by atoms with Crippen molar-refractivity contribution in [3.05, 3.63) is 40.3 Å². The summed E-state index contributed by atoms with van der Waals surface area (Å²) in [4.78, 5) is 39.1. The molecule has 2 aromatic heterocycles. The monoisotopic (exact) mass is 316 g/mol. The number of nitrogens with one attached hydrogen (secondary N) is 1. The van der Waals surface area contributed by atoms with E-state index in [1.54, 1.807) is 33.9 Å². The number of rotatable bonds is 3. The lowest BCUT2D eigenvalue weighted by atomic mass is 10.1. The third-order valence-corrected chi connectivity index (χ3v) is 4.10. The van der Waals surface area contributed by atoms with Gasteiger partial charge in [-0.2, -0.15) is 0 Å². The van der Waals surface area contributed by atoms with Gasteiger partial charge in [0.25, 0.3) is 11.5 Å². The van der Waals surface area contributed by atoms with E-state index in [2.05, 4.69) is 15.0 Å². The molecule has 3 heterocycles. The zero-order chi connectivity index (χ0) is 16.6. The molecular weight excluding hydrogens is 296 g/mol. The van der Waals surface area contributed by atoms with Crippen LogP contribution in [0.25, 0.3) is 0 Å². The van der Waals surface area contributed by atoms with Crippen LogP contribution in [0.15, 0.2) is 23.4 Å². The summed E-state index contributed by atoms with van der Waals surface area (Å²) in [5.41, 5.74) is 1.13. The number of imidazole rings is 1. The Balaban J connectivity index is 1.79. The first-order chi connectivity index (χ1) is 11.0. The predicted octanol–water partition coefficient (Wildman–Crippen LogP) is 0.199. The number of carbonyl (C=O) groups excluding carboxylic acids is 1. The maximum absolute atomic E-state index is 12.5. The third-order valence-electron chi connectivity index (χ3n) is 4.10. The van der Waals surface area contributed by atoms with Crippen molar-refractivity contribution in [1.82, 2.24) is 24.4 Å². The van der Waals surface area contributed by atoms with Gasteiger partial charge in [0.15, 0.2) is 0 Å². The van der Waals surface area contributed by atoms with Crippen LogP contribution in [0.1, 0.15) is 28.5 Å². The lowest BCUT2D eigenvalue weighted by Crippen LogP contribution is -2.30. The molecule has 8 heteroatoms. The highest BCUT2D eigenvalue weighted by Crippen LogP contribution is 2.26. The smallest absolute Gasteiger partial charge is 0.272 e. The first-order valence-corrected chi connectivity index (χ1v) is 7.50. The van der Waals surface area contributed by atoms with Gasteiger partial charge in [-0.1, -0.05) is 0 Å². The van der Waals surface area contributed by atoms with Crippen LogP contribution in [0, 0.1) is 0 Å². The molecule has 1 atom stereocenters. The van der Waals surface area contributed by atoms with E-state index in [4.69, 9.17) is 0 Å². The maximum atomic E-state index is 12.5. The fraction of sp³-hybridized carbons (Fsp3) is 0.467. The largest absolute Gasteiger partial charge is 0.348 e. The van der Waals surface area contributed by atoms with E-state index in [1.165, 1.54) is 6.07 Å². The van der Waals surface area contributed by atoms with Crippen molar-refractivity contribution in [2.75, 3.05) is 32.1 Å². The molecular formula is C15H20N6O2. The zero-order valence-corrected chi connectivity index (χ0v) is 13.5. The molecule has 23 heavy (non-hydrogen) atoms. The zero-order valence-electron chi connectivity index (χ0n) is 13.5. The van der Waals surface area contributed by atoms with E-state index in [9.17, 15) is 9.59 Å². The average Bonchev–Trinajstić information content (AvgIpc) is 3.14. The summed E-state index contributed by atoms with van der Waals surface area (Å²) < 4.78 is 1.71. The number of hydrogen-bond donors (Lipinski definition) is 1. The minimum absolute atomic E-state index is 0.0369. The van der Waals surface area contributed by atoms with Gasteiger partial charge in [0, 0.05) is 46.2 Å². The van der Waals surface area contributed by atoms with Crippen LogP contribution in [-0.2, 0) is 7.05 Å². The Bertz CT molecular complexity index is 778. The first kappa shape index (κ1) is 15.3. The number of aromatic nitrogens is 4. The molecule has 0 saturated carbocycles. The topological polar surface area (TPSA) is 87.1 Å². The molecule has 0 aliphatic carbocycles. The van der Waals surface area contributed by atoms with Crippen molar-refractivity contribution in [3.8, 4) is 0 Å². The normalized spacial score (nSPS) is 17.5. The van der Waals surface area contributed by atoms with Crippen molar-refractivity contribution in [2.24, 2.45) is 7.05 Å². The van der Waals surface area contributed by atoms with Gasteiger partial charge < -0.3 is 14.4 Å². The third kappa shape index (κ3) is 2.96. The van der Waals surface area contributed by atoms with Crippen molar-refractivity contribution < 1.29 is 4.79 Å². The molecule has 1 aliphatic rings. The number of H-pyrrole nitrogens is 1. The summed E-state index contributed by atoms with van der Waals surface area (Å²) in [5, 5.41) is 0. The molecule has 0 aromatic carbocycles. The van der Waals surface area contributed by atoms with E-state index < -0.39 is 0 Å². The molecule has 0 radical (unpaired) electrons. The van der Waals surface area contributed by atoms with Crippen molar-refractivity contribution in [1.29, 1.82) is 0 Å². The highest BCUT2D eigenvalue weighted by Gasteiger charge is 2.30. The van der Waals surface area contributed by atoms with Crippen molar-refractivity contribution in [2.45, 2.75) is 12.3 Å². The minimum Gasteiger partial charge on any atom is -0.348 e. The van der Waals surface area contributed by atoms with Crippen LogP contribution in [0.3, 0.4) is 0 Å². The maximum Gasteiger partial charge on any atom is 0.272 e. The average molecular weight is 316 g/mol. The summed E-state index contributed by atoms with van der Waals surface area (Å²) >= 11 is 0. The Morgan fingerprint density at radius 2 is 2.22 bits per heavy atom. The molecule has 1 saturated heterocycles. The Labute approximate surface area is 133 Å². The fourth-order valence-corrected chi connectivity index (χ4v) is 2.80. The fourth-order valence-electron chi connectivity index (χ4n) is 2.80. The molecule has 122 valence electrons. The van der Waals surface area contributed by atoms with Gasteiger partial charge in [-0.15, -0.1) is 0 Å². The van der Waals surface area contributed by atoms with Gasteiger partial charge in [-0.05, 0) is 6.42 Å². The van der Waals surface area contributed by atoms with Gasteiger partial charge in [-0.3, -0.25) is 14.6 Å². The highest BCUT2D eigenvalue weighted by atomic mass is 16.2. The second kappa shape index (κ2) is 5.86.